The molecule has 0 unspecified atom stereocenters. The van der Waals surface area contributed by atoms with Gasteiger partial charge >= 0.3 is 0 Å². The Labute approximate surface area is 260 Å². The van der Waals surface area contributed by atoms with Crippen LogP contribution in [0.25, 0.3) is 44.8 Å². The largest absolute Gasteiger partial charge is 0.454 e. The Bertz CT molecular complexity index is 2120. The van der Waals surface area contributed by atoms with Crippen molar-refractivity contribution in [3.63, 3.8) is 0 Å². The van der Waals surface area contributed by atoms with E-state index in [9.17, 15) is 0 Å². The topological polar surface area (TPSA) is 60.9 Å². The van der Waals surface area contributed by atoms with E-state index in [0.29, 0.717) is 13.1 Å². The van der Waals surface area contributed by atoms with Crippen molar-refractivity contribution in [3.05, 3.63) is 142 Å². The molecule has 0 N–H and O–H groups in total. The van der Waals surface area contributed by atoms with Crippen molar-refractivity contribution in [2.24, 2.45) is 9.98 Å². The third kappa shape index (κ3) is 5.15. The summed E-state index contributed by atoms with van der Waals surface area (Å²) in [5, 5.41) is 6.41. The third-order valence-corrected chi connectivity index (χ3v) is 9.19. The molecule has 214 valence electrons. The van der Waals surface area contributed by atoms with E-state index < -0.39 is 0 Å². The molecule has 0 bridgehead atoms. The summed E-state index contributed by atoms with van der Waals surface area (Å²) in [4.78, 5) is 11.9. The van der Waals surface area contributed by atoms with Crippen LogP contribution < -0.4 is 9.60 Å². The van der Waals surface area contributed by atoms with Gasteiger partial charge in [0.15, 0.2) is 21.1 Å². The molecule has 44 heavy (non-hydrogen) atoms. The predicted molar refractivity (Wildman–Crippen MR) is 178 cm³/mol. The quantitative estimate of drug-likeness (QED) is 0.180. The highest BCUT2D eigenvalue weighted by Crippen LogP contribution is 2.30. The number of nitrogens with zero attached hydrogens (tertiary/aromatic N) is 4. The van der Waals surface area contributed by atoms with E-state index in [1.165, 1.54) is 0 Å². The summed E-state index contributed by atoms with van der Waals surface area (Å²) in [5.41, 5.74) is 5.53. The fourth-order valence-corrected chi connectivity index (χ4v) is 7.18. The van der Waals surface area contributed by atoms with Gasteiger partial charge in [-0.15, -0.1) is 22.7 Å². The van der Waals surface area contributed by atoms with E-state index in [0.717, 1.165) is 65.8 Å². The minimum absolute atomic E-state index is 0.646. The van der Waals surface area contributed by atoms with Crippen LogP contribution in [-0.2, 0) is 13.1 Å². The van der Waals surface area contributed by atoms with Gasteiger partial charge in [0.1, 0.15) is 11.2 Å². The van der Waals surface area contributed by atoms with Crippen molar-refractivity contribution < 1.29 is 8.83 Å². The number of benzene rings is 4. The molecule has 4 heterocycles. The summed E-state index contributed by atoms with van der Waals surface area (Å²) in [7, 11) is 0. The Kier molecular flexibility index (Phi) is 6.90. The molecule has 0 aliphatic rings. The molecule has 0 fully saturated rings. The summed E-state index contributed by atoms with van der Waals surface area (Å²) in [6.45, 7) is 1.29. The number of aromatic nitrogens is 2. The Morgan fingerprint density at radius 3 is 1.34 bits per heavy atom. The Morgan fingerprint density at radius 1 is 0.500 bits per heavy atom. The monoisotopic (exact) mass is 610 g/mol. The second kappa shape index (κ2) is 11.5. The fraction of sp³-hybridized carbons (Fsp3) is 0.0556. The van der Waals surface area contributed by atoms with Crippen LogP contribution in [0, 0.1) is 0 Å². The third-order valence-electron chi connectivity index (χ3n) is 7.46. The van der Waals surface area contributed by atoms with Crippen molar-refractivity contribution >= 4 is 56.0 Å². The standard InChI is InChI=1S/C36H26N4O2S2/c1-3-13-27(14-4-1)37-35-39(29(23-43-35)33-21-25-11-7-9-17-31(25)41-33)19-20-40-30(34-22-26-12-8-10-18-32(26)42-34)24-44-36(40)38-28-15-5-2-6-16-28/h1-18,21-24H,19-20H2. The molecular formula is C36H26N4O2S2. The maximum Gasteiger partial charge on any atom is 0.190 e. The SMILES string of the molecule is c1ccc(N=c2scc(-c3cc4ccccc4o3)n2CCn2c(-c3cc4ccccc4o3)csc2=Nc2ccccc2)cc1. The van der Waals surface area contributed by atoms with E-state index >= 15 is 0 Å². The molecule has 0 radical (unpaired) electrons. The lowest BCUT2D eigenvalue weighted by Crippen LogP contribution is -2.23. The lowest BCUT2D eigenvalue weighted by molar-refractivity contribution is 0.547. The summed E-state index contributed by atoms with van der Waals surface area (Å²) >= 11 is 3.22. The van der Waals surface area contributed by atoms with E-state index in [-0.39, 0.29) is 0 Å². The number of furan rings is 2. The molecular weight excluding hydrogens is 585 g/mol. The fourth-order valence-electron chi connectivity index (χ4n) is 5.31. The van der Waals surface area contributed by atoms with Gasteiger partial charge in [0.25, 0.3) is 0 Å². The second-order valence-corrected chi connectivity index (χ2v) is 12.0. The lowest BCUT2D eigenvalue weighted by Gasteiger charge is -2.11. The number of hydrogen-bond acceptors (Lipinski definition) is 6. The molecule has 0 saturated heterocycles. The molecule has 8 heteroatoms. The zero-order valence-corrected chi connectivity index (χ0v) is 25.2. The van der Waals surface area contributed by atoms with Gasteiger partial charge in [0.2, 0.25) is 0 Å². The second-order valence-electron chi connectivity index (χ2n) is 10.3. The van der Waals surface area contributed by atoms with Crippen LogP contribution in [0.5, 0.6) is 0 Å². The first-order chi connectivity index (χ1) is 21.8. The van der Waals surface area contributed by atoms with Gasteiger partial charge in [0.05, 0.1) is 22.8 Å². The van der Waals surface area contributed by atoms with Gasteiger partial charge in [-0.05, 0) is 48.5 Å². The Balaban J connectivity index is 1.26. The first-order valence-electron chi connectivity index (χ1n) is 14.3. The summed E-state index contributed by atoms with van der Waals surface area (Å²) < 4.78 is 17.2. The summed E-state index contributed by atoms with van der Waals surface area (Å²) in [6, 6.07) is 40.6. The first kappa shape index (κ1) is 26.4. The zero-order valence-electron chi connectivity index (χ0n) is 23.5. The molecule has 8 rings (SSSR count). The van der Waals surface area contributed by atoms with Crippen LogP contribution in [0.15, 0.2) is 151 Å². The van der Waals surface area contributed by atoms with Crippen molar-refractivity contribution in [2.75, 3.05) is 0 Å². The minimum atomic E-state index is 0.646. The highest BCUT2D eigenvalue weighted by atomic mass is 32.1. The van der Waals surface area contributed by atoms with Crippen molar-refractivity contribution in [2.45, 2.75) is 13.1 Å². The molecule has 0 aliphatic carbocycles. The Hall–Kier alpha value is -5.18. The van der Waals surface area contributed by atoms with Gasteiger partial charge in [-0.1, -0.05) is 72.8 Å². The molecule has 0 atom stereocenters. The number of hydrogen-bond donors (Lipinski definition) is 0. The molecule has 4 aromatic carbocycles. The molecule has 0 saturated carbocycles. The molecule has 0 amide bonds. The zero-order chi connectivity index (χ0) is 29.3. The van der Waals surface area contributed by atoms with E-state index in [2.05, 4.69) is 44.2 Å². The smallest absolute Gasteiger partial charge is 0.190 e. The van der Waals surface area contributed by atoms with Crippen LogP contribution in [0.4, 0.5) is 11.4 Å². The highest BCUT2D eigenvalue weighted by Gasteiger charge is 2.17. The molecule has 6 nitrogen and oxygen atoms in total. The number of para-hydroxylation sites is 4. The van der Waals surface area contributed by atoms with E-state index in [1.807, 2.05) is 97.1 Å². The van der Waals surface area contributed by atoms with E-state index in [1.54, 1.807) is 22.7 Å². The van der Waals surface area contributed by atoms with Gasteiger partial charge < -0.3 is 18.0 Å². The van der Waals surface area contributed by atoms with Crippen molar-refractivity contribution in [1.29, 1.82) is 0 Å². The average Bonchev–Trinajstić information content (AvgIpc) is 3.85. The lowest BCUT2D eigenvalue weighted by atomic mass is 10.2. The molecule has 8 aromatic rings. The molecule has 0 aliphatic heterocycles. The number of fused-ring (bicyclic) bond motifs is 2. The predicted octanol–water partition coefficient (Wildman–Crippen LogP) is 9.40. The normalized spacial score (nSPS) is 12.5. The van der Waals surface area contributed by atoms with Crippen LogP contribution >= 0.6 is 22.7 Å². The molecule has 4 aromatic heterocycles. The van der Waals surface area contributed by atoms with Gasteiger partial charge in [-0.3, -0.25) is 0 Å². The van der Waals surface area contributed by atoms with Crippen molar-refractivity contribution in [3.8, 4) is 22.9 Å². The van der Waals surface area contributed by atoms with Crippen LogP contribution in [0.2, 0.25) is 0 Å². The van der Waals surface area contributed by atoms with Gasteiger partial charge in [0, 0.05) is 34.6 Å². The Morgan fingerprint density at radius 2 is 0.909 bits per heavy atom. The van der Waals surface area contributed by atoms with Crippen LogP contribution in [0.1, 0.15) is 0 Å². The van der Waals surface area contributed by atoms with Crippen molar-refractivity contribution in [1.82, 2.24) is 9.13 Å². The first-order valence-corrected chi connectivity index (χ1v) is 16.1. The number of rotatable bonds is 7. The average molecular weight is 611 g/mol. The van der Waals surface area contributed by atoms with Gasteiger partial charge in [-0.2, -0.15) is 0 Å². The minimum Gasteiger partial charge on any atom is -0.454 e. The maximum atomic E-state index is 6.33. The van der Waals surface area contributed by atoms with Crippen LogP contribution in [0.3, 0.4) is 0 Å². The molecule has 0 spiro atoms. The number of thiazole rings is 2. The highest BCUT2D eigenvalue weighted by molar-refractivity contribution is 7.07. The summed E-state index contributed by atoms with van der Waals surface area (Å²) in [5.74, 6) is 1.64. The summed E-state index contributed by atoms with van der Waals surface area (Å²) in [6.07, 6.45) is 0. The van der Waals surface area contributed by atoms with Crippen LogP contribution in [-0.4, -0.2) is 9.13 Å². The van der Waals surface area contributed by atoms with Gasteiger partial charge in [-0.25, -0.2) is 9.98 Å². The maximum absolute atomic E-state index is 6.33. The van der Waals surface area contributed by atoms with E-state index in [4.69, 9.17) is 18.8 Å².